The Morgan fingerprint density at radius 2 is 1.70 bits per heavy atom. The second kappa shape index (κ2) is 7.57. The van der Waals surface area contributed by atoms with Crippen LogP contribution in [0.4, 0.5) is 5.69 Å². The molecule has 0 radical (unpaired) electrons. The highest BCUT2D eigenvalue weighted by Crippen LogP contribution is 2.29. The zero-order chi connectivity index (χ0) is 18.7. The molecule has 140 valence electrons. The van der Waals surface area contributed by atoms with E-state index in [0.29, 0.717) is 0 Å². The van der Waals surface area contributed by atoms with Crippen molar-refractivity contribution in [3.05, 3.63) is 71.3 Å². The molecule has 1 heterocycles. The van der Waals surface area contributed by atoms with Gasteiger partial charge >= 0.3 is 0 Å². The number of nitrogens with one attached hydrogen (secondary N) is 1. The maximum absolute atomic E-state index is 12.2. The van der Waals surface area contributed by atoms with E-state index in [0.717, 1.165) is 51.0 Å². The minimum absolute atomic E-state index is 0.253. The van der Waals surface area contributed by atoms with E-state index in [1.807, 2.05) is 30.3 Å². The molecule has 0 spiro atoms. The fraction of sp³-hybridized carbons (Fsp3) is 0.348. The Balaban J connectivity index is 1.40. The smallest absolute Gasteiger partial charge is 0.243 e. The van der Waals surface area contributed by atoms with Crippen molar-refractivity contribution in [2.45, 2.75) is 31.2 Å². The molecule has 1 fully saturated rings. The van der Waals surface area contributed by atoms with Crippen LogP contribution in [0, 0.1) is 0 Å². The van der Waals surface area contributed by atoms with Crippen molar-refractivity contribution in [1.82, 2.24) is 4.90 Å². The number of aryl methyl sites for hydroxylation is 1. The summed E-state index contributed by atoms with van der Waals surface area (Å²) in [4.78, 5) is 14.7. The number of carbonyl (C=O) groups is 1. The summed E-state index contributed by atoms with van der Waals surface area (Å²) in [7, 11) is 0. The molecule has 2 aliphatic rings. The summed E-state index contributed by atoms with van der Waals surface area (Å²) in [5.41, 5.74) is 10.4. The highest BCUT2D eigenvalue weighted by Gasteiger charge is 2.40. The van der Waals surface area contributed by atoms with Crippen molar-refractivity contribution in [3.8, 4) is 0 Å². The molecule has 1 amide bonds. The van der Waals surface area contributed by atoms with Crippen LogP contribution in [-0.4, -0.2) is 36.0 Å². The van der Waals surface area contributed by atoms with Crippen molar-refractivity contribution in [3.63, 3.8) is 0 Å². The van der Waals surface area contributed by atoms with Crippen LogP contribution in [0.1, 0.15) is 30.4 Å². The van der Waals surface area contributed by atoms with E-state index in [-0.39, 0.29) is 5.91 Å². The van der Waals surface area contributed by atoms with Crippen LogP contribution >= 0.6 is 0 Å². The van der Waals surface area contributed by atoms with E-state index in [4.69, 9.17) is 5.73 Å². The first-order chi connectivity index (χ1) is 13.1. The third-order valence-electron chi connectivity index (χ3n) is 5.90. The van der Waals surface area contributed by atoms with Crippen molar-refractivity contribution in [2.75, 3.05) is 25.0 Å². The number of primary amides is 1. The standard InChI is InChI=1S/C23H27N3O/c24-22(27)23(25-21-8-2-1-3-9-21)12-14-26(15-13-23)17-18-10-11-19-6-4-5-7-20(19)16-18/h1-9,16,25H,10-15,17H2,(H2,24,27). The number of fused-ring (bicyclic) bond motifs is 1. The Bertz CT molecular complexity index is 836. The average Bonchev–Trinajstić information content (AvgIpc) is 2.70. The van der Waals surface area contributed by atoms with Gasteiger partial charge in [0.2, 0.25) is 5.91 Å². The number of benzene rings is 2. The van der Waals surface area contributed by atoms with Crippen LogP contribution in [0.25, 0.3) is 6.08 Å². The molecule has 4 rings (SSSR count). The van der Waals surface area contributed by atoms with Crippen molar-refractivity contribution >= 4 is 17.7 Å². The van der Waals surface area contributed by atoms with Crippen molar-refractivity contribution < 1.29 is 4.79 Å². The van der Waals surface area contributed by atoms with Gasteiger partial charge in [0.15, 0.2) is 0 Å². The Hall–Kier alpha value is -2.59. The number of piperidine rings is 1. The number of amides is 1. The summed E-state index contributed by atoms with van der Waals surface area (Å²) in [6.07, 6.45) is 6.06. The molecule has 0 aromatic heterocycles. The number of hydrogen-bond donors (Lipinski definition) is 2. The Kier molecular flexibility index (Phi) is 4.99. The minimum Gasteiger partial charge on any atom is -0.371 e. The van der Waals surface area contributed by atoms with Crippen LogP contribution in [0.3, 0.4) is 0 Å². The molecule has 2 aromatic rings. The van der Waals surface area contributed by atoms with E-state index < -0.39 is 5.54 Å². The molecule has 2 aromatic carbocycles. The second-order valence-corrected chi connectivity index (χ2v) is 7.71. The fourth-order valence-electron chi connectivity index (χ4n) is 4.23. The normalized spacial score (nSPS) is 19.0. The molecular formula is C23H27N3O. The number of likely N-dealkylation sites (tertiary alicyclic amines) is 1. The van der Waals surface area contributed by atoms with Gasteiger partial charge in [-0.3, -0.25) is 9.69 Å². The van der Waals surface area contributed by atoms with Gasteiger partial charge in [0, 0.05) is 25.3 Å². The van der Waals surface area contributed by atoms with E-state index in [1.54, 1.807) is 0 Å². The van der Waals surface area contributed by atoms with E-state index in [2.05, 4.69) is 40.6 Å². The first kappa shape index (κ1) is 17.8. The van der Waals surface area contributed by atoms with Gasteiger partial charge in [0.25, 0.3) is 0 Å². The summed E-state index contributed by atoms with van der Waals surface area (Å²) in [6, 6.07) is 18.5. The monoisotopic (exact) mass is 361 g/mol. The van der Waals surface area contributed by atoms with Crippen LogP contribution in [-0.2, 0) is 11.2 Å². The number of nitrogens with two attached hydrogens (primary N) is 1. The number of para-hydroxylation sites is 1. The third kappa shape index (κ3) is 3.91. The number of hydrogen-bond acceptors (Lipinski definition) is 3. The van der Waals surface area contributed by atoms with Gasteiger partial charge in [-0.05, 0) is 48.9 Å². The summed E-state index contributed by atoms with van der Waals surface area (Å²) < 4.78 is 0. The molecule has 0 unspecified atom stereocenters. The molecule has 3 N–H and O–H groups in total. The number of nitrogens with zero attached hydrogens (tertiary/aromatic N) is 1. The molecule has 0 saturated carbocycles. The van der Waals surface area contributed by atoms with Gasteiger partial charge in [0.05, 0.1) is 0 Å². The van der Waals surface area contributed by atoms with Crippen molar-refractivity contribution in [1.29, 1.82) is 0 Å². The fourth-order valence-corrected chi connectivity index (χ4v) is 4.23. The van der Waals surface area contributed by atoms with Crippen molar-refractivity contribution in [2.24, 2.45) is 5.73 Å². The predicted molar refractivity (Wildman–Crippen MR) is 110 cm³/mol. The maximum atomic E-state index is 12.2. The Morgan fingerprint density at radius 3 is 2.44 bits per heavy atom. The second-order valence-electron chi connectivity index (χ2n) is 7.71. The summed E-state index contributed by atoms with van der Waals surface area (Å²) >= 11 is 0. The summed E-state index contributed by atoms with van der Waals surface area (Å²) in [6.45, 7) is 2.73. The molecule has 27 heavy (non-hydrogen) atoms. The average molecular weight is 361 g/mol. The molecule has 4 heteroatoms. The Morgan fingerprint density at radius 1 is 1.00 bits per heavy atom. The first-order valence-electron chi connectivity index (χ1n) is 9.77. The van der Waals surface area contributed by atoms with Gasteiger partial charge in [-0.2, -0.15) is 0 Å². The summed E-state index contributed by atoms with van der Waals surface area (Å²) in [5, 5.41) is 3.42. The first-order valence-corrected chi connectivity index (χ1v) is 9.77. The zero-order valence-electron chi connectivity index (χ0n) is 15.7. The predicted octanol–water partition coefficient (Wildman–Crippen LogP) is 3.45. The molecule has 0 bridgehead atoms. The molecule has 1 saturated heterocycles. The van der Waals surface area contributed by atoms with Gasteiger partial charge < -0.3 is 11.1 Å². The SMILES string of the molecule is NC(=O)C1(Nc2ccccc2)CCN(CC2=Cc3ccccc3CC2)CC1. The molecule has 1 aliphatic heterocycles. The summed E-state index contributed by atoms with van der Waals surface area (Å²) in [5.74, 6) is -0.253. The van der Waals surface area contributed by atoms with Crippen LogP contribution in [0.15, 0.2) is 60.2 Å². The lowest BCUT2D eigenvalue weighted by atomic mass is 9.85. The zero-order valence-corrected chi connectivity index (χ0v) is 15.7. The Labute approximate surface area is 161 Å². The highest BCUT2D eigenvalue weighted by molar-refractivity contribution is 5.88. The van der Waals surface area contributed by atoms with Gasteiger partial charge in [-0.1, -0.05) is 54.1 Å². The lowest BCUT2D eigenvalue weighted by Crippen LogP contribution is -2.57. The highest BCUT2D eigenvalue weighted by atomic mass is 16.1. The number of rotatable bonds is 5. The quantitative estimate of drug-likeness (QED) is 0.858. The maximum Gasteiger partial charge on any atom is 0.243 e. The molecule has 4 nitrogen and oxygen atoms in total. The number of carbonyl (C=O) groups excluding carboxylic acids is 1. The third-order valence-corrected chi connectivity index (χ3v) is 5.90. The van der Waals surface area contributed by atoms with Crippen LogP contribution in [0.2, 0.25) is 0 Å². The lowest BCUT2D eigenvalue weighted by molar-refractivity contribution is -0.123. The van der Waals surface area contributed by atoms with Crippen LogP contribution < -0.4 is 11.1 Å². The molecule has 1 aliphatic carbocycles. The minimum atomic E-state index is -0.647. The lowest BCUT2D eigenvalue weighted by Gasteiger charge is -2.41. The topological polar surface area (TPSA) is 58.4 Å². The largest absolute Gasteiger partial charge is 0.371 e. The number of anilines is 1. The van der Waals surface area contributed by atoms with E-state index in [1.165, 1.54) is 16.7 Å². The van der Waals surface area contributed by atoms with Crippen LogP contribution in [0.5, 0.6) is 0 Å². The van der Waals surface area contributed by atoms with Gasteiger partial charge in [0.1, 0.15) is 5.54 Å². The van der Waals surface area contributed by atoms with Gasteiger partial charge in [-0.25, -0.2) is 0 Å². The molecule has 0 atom stereocenters. The van der Waals surface area contributed by atoms with E-state index in [9.17, 15) is 4.79 Å². The van der Waals surface area contributed by atoms with Gasteiger partial charge in [-0.15, -0.1) is 0 Å². The molecular weight excluding hydrogens is 334 g/mol. The van der Waals surface area contributed by atoms with E-state index >= 15 is 0 Å².